The number of primary amides is 1. The fourth-order valence-corrected chi connectivity index (χ4v) is 5.69. The lowest BCUT2D eigenvalue weighted by atomic mass is 9.89. The monoisotopic (exact) mass is 403 g/mol. The van der Waals surface area contributed by atoms with Crippen molar-refractivity contribution in [2.24, 2.45) is 11.7 Å². The van der Waals surface area contributed by atoms with E-state index in [0.717, 1.165) is 35.0 Å². The Morgan fingerprint density at radius 3 is 3.07 bits per heavy atom. The Balaban J connectivity index is 1.88. The van der Waals surface area contributed by atoms with Gasteiger partial charge in [0.2, 0.25) is 5.91 Å². The quantitative estimate of drug-likeness (QED) is 0.522. The summed E-state index contributed by atoms with van der Waals surface area (Å²) in [5.74, 6) is 0.863. The lowest BCUT2D eigenvalue weighted by Crippen LogP contribution is -2.27. The molecule has 3 aromatic heterocycles. The van der Waals surface area contributed by atoms with Crippen LogP contribution in [-0.4, -0.2) is 20.7 Å². The summed E-state index contributed by atoms with van der Waals surface area (Å²) in [6.45, 7) is 4.25. The highest BCUT2D eigenvalue weighted by Crippen LogP contribution is 2.37. The molecule has 2 atom stereocenters. The number of nitrogens with zero attached hydrogens (tertiary/aromatic N) is 2. The van der Waals surface area contributed by atoms with E-state index in [1.807, 2.05) is 6.07 Å². The van der Waals surface area contributed by atoms with Crippen LogP contribution in [0.3, 0.4) is 0 Å². The van der Waals surface area contributed by atoms with Gasteiger partial charge in [-0.3, -0.25) is 14.2 Å². The van der Waals surface area contributed by atoms with Gasteiger partial charge in [0.1, 0.15) is 10.6 Å². The van der Waals surface area contributed by atoms with E-state index >= 15 is 0 Å². The molecular formula is C19H21N3O3S2. The third kappa shape index (κ3) is 3.43. The van der Waals surface area contributed by atoms with E-state index < -0.39 is 11.2 Å². The molecule has 4 rings (SSSR count). The molecule has 6 nitrogen and oxygen atoms in total. The van der Waals surface area contributed by atoms with Crippen LogP contribution in [0.4, 0.5) is 0 Å². The number of aryl methyl sites for hydroxylation is 1. The SMILES string of the molecule is CC1CCc2c(sc3nc(SC(C)C(N)=O)n(Cc4ccco4)c(=O)c23)C1. The van der Waals surface area contributed by atoms with Crippen LogP contribution in [0.25, 0.3) is 10.2 Å². The van der Waals surface area contributed by atoms with Gasteiger partial charge in [0.15, 0.2) is 5.16 Å². The first-order valence-electron chi connectivity index (χ1n) is 8.97. The Labute approximate surface area is 164 Å². The summed E-state index contributed by atoms with van der Waals surface area (Å²) in [7, 11) is 0. The number of carbonyl (C=O) groups is 1. The van der Waals surface area contributed by atoms with Gasteiger partial charge in [-0.15, -0.1) is 11.3 Å². The minimum atomic E-state index is -0.480. The minimum absolute atomic E-state index is 0.0670. The fraction of sp³-hybridized carbons (Fsp3) is 0.421. The molecule has 0 spiro atoms. The third-order valence-electron chi connectivity index (χ3n) is 4.96. The van der Waals surface area contributed by atoms with Gasteiger partial charge in [0, 0.05) is 4.88 Å². The molecule has 1 aliphatic carbocycles. The standard InChI is InChI=1S/C19H21N3O3S2/c1-10-5-6-13-14(8-10)27-17-15(13)18(24)22(9-12-4-3-7-25-12)19(21-17)26-11(2)16(20)23/h3-4,7,10-11H,5-6,8-9H2,1-2H3,(H2,20,23). The van der Waals surface area contributed by atoms with E-state index in [0.29, 0.717) is 16.8 Å². The van der Waals surface area contributed by atoms with Gasteiger partial charge in [0.05, 0.1) is 23.4 Å². The molecule has 0 bridgehead atoms. The summed E-state index contributed by atoms with van der Waals surface area (Å²) in [5, 5.41) is 0.748. The summed E-state index contributed by atoms with van der Waals surface area (Å²) in [6, 6.07) is 3.62. The fourth-order valence-electron chi connectivity index (χ4n) is 3.41. The number of thioether (sulfide) groups is 1. The van der Waals surface area contributed by atoms with E-state index in [4.69, 9.17) is 15.1 Å². The largest absolute Gasteiger partial charge is 0.467 e. The Morgan fingerprint density at radius 1 is 1.56 bits per heavy atom. The zero-order valence-corrected chi connectivity index (χ0v) is 16.9. The van der Waals surface area contributed by atoms with E-state index in [1.165, 1.54) is 16.6 Å². The topological polar surface area (TPSA) is 91.1 Å². The molecule has 2 N–H and O–H groups in total. The van der Waals surface area contributed by atoms with Crippen LogP contribution in [0.15, 0.2) is 32.8 Å². The first-order chi connectivity index (χ1) is 12.9. The van der Waals surface area contributed by atoms with Crippen LogP contribution in [0.5, 0.6) is 0 Å². The number of fused-ring (bicyclic) bond motifs is 3. The number of nitrogens with two attached hydrogens (primary N) is 1. The number of hydrogen-bond donors (Lipinski definition) is 1. The molecule has 0 fully saturated rings. The maximum Gasteiger partial charge on any atom is 0.263 e. The van der Waals surface area contributed by atoms with Crippen molar-refractivity contribution in [2.45, 2.75) is 50.1 Å². The zero-order valence-electron chi connectivity index (χ0n) is 15.2. The summed E-state index contributed by atoms with van der Waals surface area (Å²) >= 11 is 2.82. The molecule has 142 valence electrons. The van der Waals surface area contributed by atoms with Crippen LogP contribution in [0.1, 0.15) is 36.5 Å². The van der Waals surface area contributed by atoms with E-state index in [1.54, 1.807) is 35.2 Å². The predicted octanol–water partition coefficient (Wildman–Crippen LogP) is 3.19. The molecule has 2 unspecified atom stereocenters. The molecule has 0 radical (unpaired) electrons. The van der Waals surface area contributed by atoms with Crippen LogP contribution in [0.2, 0.25) is 0 Å². The number of rotatable bonds is 5. The number of thiophene rings is 1. The third-order valence-corrected chi connectivity index (χ3v) is 7.21. The molecule has 1 aliphatic rings. The number of furan rings is 1. The van der Waals surface area contributed by atoms with Crippen molar-refractivity contribution in [3.63, 3.8) is 0 Å². The Morgan fingerprint density at radius 2 is 2.37 bits per heavy atom. The average molecular weight is 404 g/mol. The maximum absolute atomic E-state index is 13.4. The van der Waals surface area contributed by atoms with Crippen molar-refractivity contribution in [1.82, 2.24) is 9.55 Å². The van der Waals surface area contributed by atoms with Crippen molar-refractivity contribution in [3.05, 3.63) is 45.0 Å². The highest BCUT2D eigenvalue weighted by molar-refractivity contribution is 8.00. The Bertz CT molecular complexity index is 1050. The van der Waals surface area contributed by atoms with Crippen molar-refractivity contribution >= 4 is 39.2 Å². The maximum atomic E-state index is 13.4. The summed E-state index contributed by atoms with van der Waals surface area (Å²) in [4.78, 5) is 31.7. The van der Waals surface area contributed by atoms with Gasteiger partial charge in [0.25, 0.3) is 5.56 Å². The molecular weight excluding hydrogens is 382 g/mol. The van der Waals surface area contributed by atoms with Crippen molar-refractivity contribution < 1.29 is 9.21 Å². The second kappa shape index (κ2) is 7.16. The Hall–Kier alpha value is -2.06. The van der Waals surface area contributed by atoms with E-state index in [9.17, 15) is 9.59 Å². The van der Waals surface area contributed by atoms with Crippen LogP contribution in [0, 0.1) is 5.92 Å². The van der Waals surface area contributed by atoms with Crippen molar-refractivity contribution in [2.75, 3.05) is 0 Å². The van der Waals surface area contributed by atoms with Gasteiger partial charge in [-0.2, -0.15) is 0 Å². The summed E-state index contributed by atoms with van der Waals surface area (Å²) in [5.41, 5.74) is 6.51. The number of carbonyl (C=O) groups excluding carboxylic acids is 1. The Kier molecular flexibility index (Phi) is 4.86. The van der Waals surface area contributed by atoms with Crippen LogP contribution in [-0.2, 0) is 24.2 Å². The molecule has 1 amide bonds. The summed E-state index contributed by atoms with van der Waals surface area (Å²) in [6.07, 6.45) is 4.58. The highest BCUT2D eigenvalue weighted by atomic mass is 32.2. The minimum Gasteiger partial charge on any atom is -0.467 e. The molecule has 27 heavy (non-hydrogen) atoms. The molecule has 3 heterocycles. The molecule has 0 aliphatic heterocycles. The average Bonchev–Trinajstić information content (AvgIpc) is 3.24. The van der Waals surface area contributed by atoms with Gasteiger partial charge >= 0.3 is 0 Å². The predicted molar refractivity (Wildman–Crippen MR) is 107 cm³/mol. The molecule has 0 saturated heterocycles. The van der Waals surface area contributed by atoms with Crippen LogP contribution < -0.4 is 11.3 Å². The second-order valence-corrected chi connectivity index (χ2v) is 9.45. The number of aromatic nitrogens is 2. The van der Waals surface area contributed by atoms with Gasteiger partial charge in [-0.1, -0.05) is 18.7 Å². The lowest BCUT2D eigenvalue weighted by molar-refractivity contribution is -0.117. The van der Waals surface area contributed by atoms with Gasteiger partial charge in [-0.05, 0) is 49.8 Å². The molecule has 3 aromatic rings. The summed E-state index contributed by atoms with van der Waals surface area (Å²) < 4.78 is 7.04. The first kappa shape index (κ1) is 18.3. The molecule has 0 aromatic carbocycles. The zero-order chi connectivity index (χ0) is 19.1. The van der Waals surface area contributed by atoms with E-state index in [-0.39, 0.29) is 12.1 Å². The number of hydrogen-bond acceptors (Lipinski definition) is 6. The van der Waals surface area contributed by atoms with Gasteiger partial charge in [-0.25, -0.2) is 4.98 Å². The normalized spacial score (nSPS) is 17.8. The van der Waals surface area contributed by atoms with Crippen molar-refractivity contribution in [3.8, 4) is 0 Å². The van der Waals surface area contributed by atoms with Crippen molar-refractivity contribution in [1.29, 1.82) is 0 Å². The first-order valence-corrected chi connectivity index (χ1v) is 10.7. The molecule has 8 heteroatoms. The lowest BCUT2D eigenvalue weighted by Gasteiger charge is -2.18. The van der Waals surface area contributed by atoms with Gasteiger partial charge < -0.3 is 10.2 Å². The highest BCUT2D eigenvalue weighted by Gasteiger charge is 2.26. The second-order valence-electron chi connectivity index (χ2n) is 7.06. The number of amides is 1. The molecule has 0 saturated carbocycles. The smallest absolute Gasteiger partial charge is 0.263 e. The van der Waals surface area contributed by atoms with Crippen LogP contribution >= 0.6 is 23.1 Å². The van der Waals surface area contributed by atoms with E-state index in [2.05, 4.69) is 6.92 Å².